The van der Waals surface area contributed by atoms with Crippen molar-refractivity contribution in [2.45, 2.75) is 6.92 Å². The zero-order valence-corrected chi connectivity index (χ0v) is 13.0. The molecule has 1 aromatic carbocycles. The van der Waals surface area contributed by atoms with Gasteiger partial charge in [-0.1, -0.05) is 6.07 Å². The molecule has 7 heteroatoms. The molecule has 23 heavy (non-hydrogen) atoms. The van der Waals surface area contributed by atoms with Crippen LogP contribution in [-0.2, 0) is 9.53 Å². The maximum Gasteiger partial charge on any atom is 0.330 e. The second-order valence-electron chi connectivity index (χ2n) is 4.67. The van der Waals surface area contributed by atoms with E-state index in [0.717, 1.165) is 0 Å². The number of benzene rings is 1. The Morgan fingerprint density at radius 2 is 2.09 bits per heavy atom. The SMILES string of the molecule is COC(=O)C=Cc1ccc(-n2cc[n+]([O-])c(C)c2=O)c(OC)c1. The van der Waals surface area contributed by atoms with Gasteiger partial charge in [-0.25, -0.2) is 4.79 Å². The minimum Gasteiger partial charge on any atom is -0.618 e. The number of hydrogen-bond donors (Lipinski definition) is 0. The van der Waals surface area contributed by atoms with Crippen LogP contribution in [0.25, 0.3) is 11.8 Å². The summed E-state index contributed by atoms with van der Waals surface area (Å²) < 4.78 is 11.7. The van der Waals surface area contributed by atoms with Crippen molar-refractivity contribution in [3.05, 3.63) is 63.5 Å². The lowest BCUT2D eigenvalue weighted by molar-refractivity contribution is -0.614. The van der Waals surface area contributed by atoms with E-state index in [4.69, 9.17) is 4.74 Å². The van der Waals surface area contributed by atoms with Crippen molar-refractivity contribution in [1.29, 1.82) is 0 Å². The van der Waals surface area contributed by atoms with Crippen LogP contribution in [0, 0.1) is 12.1 Å². The Morgan fingerprint density at radius 1 is 1.35 bits per heavy atom. The van der Waals surface area contributed by atoms with E-state index in [1.54, 1.807) is 24.3 Å². The van der Waals surface area contributed by atoms with Gasteiger partial charge in [0.25, 0.3) is 5.69 Å². The van der Waals surface area contributed by atoms with Gasteiger partial charge in [0.2, 0.25) is 0 Å². The third-order valence-corrected chi connectivity index (χ3v) is 3.29. The monoisotopic (exact) mass is 316 g/mol. The maximum absolute atomic E-state index is 12.2. The molecule has 0 aliphatic heterocycles. The number of hydrogen-bond acceptors (Lipinski definition) is 5. The predicted octanol–water partition coefficient (Wildman–Crippen LogP) is 0.974. The van der Waals surface area contributed by atoms with Crippen LogP contribution in [0.5, 0.6) is 5.75 Å². The molecule has 0 atom stereocenters. The minimum absolute atomic E-state index is 0.0595. The van der Waals surface area contributed by atoms with E-state index >= 15 is 0 Å². The Hall–Kier alpha value is -3.09. The molecule has 1 heterocycles. The molecule has 0 bridgehead atoms. The van der Waals surface area contributed by atoms with E-state index in [1.165, 1.54) is 44.2 Å². The van der Waals surface area contributed by atoms with Crippen molar-refractivity contribution in [3.63, 3.8) is 0 Å². The summed E-state index contributed by atoms with van der Waals surface area (Å²) >= 11 is 0. The molecule has 0 aliphatic rings. The van der Waals surface area contributed by atoms with Gasteiger partial charge >= 0.3 is 11.5 Å². The Labute approximate surface area is 132 Å². The van der Waals surface area contributed by atoms with Gasteiger partial charge < -0.3 is 14.7 Å². The first-order chi connectivity index (χ1) is 11.0. The molecular weight excluding hydrogens is 300 g/mol. The van der Waals surface area contributed by atoms with Gasteiger partial charge in [-0.05, 0) is 23.8 Å². The van der Waals surface area contributed by atoms with Gasteiger partial charge in [-0.2, -0.15) is 4.73 Å². The van der Waals surface area contributed by atoms with Crippen LogP contribution < -0.4 is 15.0 Å². The smallest absolute Gasteiger partial charge is 0.330 e. The number of ether oxygens (including phenoxy) is 2. The molecule has 0 N–H and O–H groups in total. The summed E-state index contributed by atoms with van der Waals surface area (Å²) in [6.45, 7) is 1.45. The Morgan fingerprint density at radius 3 is 2.74 bits per heavy atom. The zero-order valence-electron chi connectivity index (χ0n) is 13.0. The predicted molar refractivity (Wildman–Crippen MR) is 83.3 cm³/mol. The lowest BCUT2D eigenvalue weighted by atomic mass is 10.1. The molecule has 2 aromatic rings. The molecule has 1 aromatic heterocycles. The third-order valence-electron chi connectivity index (χ3n) is 3.29. The van der Waals surface area contributed by atoms with E-state index in [-0.39, 0.29) is 5.69 Å². The summed E-state index contributed by atoms with van der Waals surface area (Å²) in [5.74, 6) is -0.0369. The van der Waals surface area contributed by atoms with Crippen molar-refractivity contribution in [1.82, 2.24) is 4.57 Å². The molecule has 0 unspecified atom stereocenters. The van der Waals surface area contributed by atoms with E-state index in [9.17, 15) is 14.8 Å². The number of esters is 1. The van der Waals surface area contributed by atoms with Gasteiger partial charge in [0, 0.05) is 13.0 Å². The van der Waals surface area contributed by atoms with Crippen molar-refractivity contribution >= 4 is 12.0 Å². The first kappa shape index (κ1) is 16.3. The fourth-order valence-electron chi connectivity index (χ4n) is 1.99. The van der Waals surface area contributed by atoms with Crippen molar-refractivity contribution < 1.29 is 19.0 Å². The quantitative estimate of drug-likeness (QED) is 0.363. The van der Waals surface area contributed by atoms with Crippen LogP contribution in [-0.4, -0.2) is 24.8 Å². The third kappa shape index (κ3) is 3.39. The number of carbonyl (C=O) groups excluding carboxylic acids is 1. The lowest BCUT2D eigenvalue weighted by Gasteiger charge is -2.12. The van der Waals surface area contributed by atoms with Crippen LogP contribution in [0.3, 0.4) is 0 Å². The van der Waals surface area contributed by atoms with Crippen LogP contribution in [0.15, 0.2) is 41.5 Å². The van der Waals surface area contributed by atoms with Gasteiger partial charge in [-0.3, -0.25) is 9.36 Å². The molecular formula is C16H16N2O5. The number of aromatic nitrogens is 2. The highest BCUT2D eigenvalue weighted by Crippen LogP contribution is 2.23. The topological polar surface area (TPSA) is 84.5 Å². The first-order valence-electron chi connectivity index (χ1n) is 6.73. The molecule has 120 valence electrons. The summed E-state index contributed by atoms with van der Waals surface area (Å²) in [7, 11) is 2.77. The summed E-state index contributed by atoms with van der Waals surface area (Å²) in [6, 6.07) is 5.07. The fourth-order valence-corrected chi connectivity index (χ4v) is 1.99. The normalized spacial score (nSPS) is 10.7. The van der Waals surface area contributed by atoms with E-state index in [2.05, 4.69) is 4.74 Å². The Kier molecular flexibility index (Phi) is 4.80. The largest absolute Gasteiger partial charge is 0.618 e. The van der Waals surface area contributed by atoms with Gasteiger partial charge in [0.1, 0.15) is 5.75 Å². The second-order valence-corrected chi connectivity index (χ2v) is 4.67. The van der Waals surface area contributed by atoms with Crippen molar-refractivity contribution in [2.75, 3.05) is 14.2 Å². The van der Waals surface area contributed by atoms with Crippen molar-refractivity contribution in [2.24, 2.45) is 0 Å². The Balaban J connectivity index is 2.49. The van der Waals surface area contributed by atoms with E-state index in [1.807, 2.05) is 0 Å². The van der Waals surface area contributed by atoms with E-state index < -0.39 is 11.5 Å². The summed E-state index contributed by atoms with van der Waals surface area (Å²) in [5.41, 5.74) is 0.829. The molecule has 0 spiro atoms. The van der Waals surface area contributed by atoms with Gasteiger partial charge in [-0.15, -0.1) is 0 Å². The average molecular weight is 316 g/mol. The number of nitrogens with zero attached hydrogens (tertiary/aromatic N) is 2. The molecule has 0 aliphatic carbocycles. The van der Waals surface area contributed by atoms with Crippen LogP contribution >= 0.6 is 0 Å². The molecule has 0 fully saturated rings. The van der Waals surface area contributed by atoms with Crippen molar-refractivity contribution in [3.8, 4) is 11.4 Å². The summed E-state index contributed by atoms with van der Waals surface area (Å²) in [5, 5.41) is 11.4. The summed E-state index contributed by atoms with van der Waals surface area (Å²) in [4.78, 5) is 23.3. The highest BCUT2D eigenvalue weighted by atomic mass is 16.5. The van der Waals surface area contributed by atoms with Crippen LogP contribution in [0.1, 0.15) is 11.3 Å². The summed E-state index contributed by atoms with van der Waals surface area (Å²) in [6.07, 6.45) is 5.49. The molecule has 0 saturated heterocycles. The second kappa shape index (κ2) is 6.78. The average Bonchev–Trinajstić information content (AvgIpc) is 2.57. The standard InChI is InChI=1S/C16H16N2O5/c1-11-16(20)17(8-9-18(11)21)13-6-4-12(10-14(13)22-2)5-7-15(19)23-3/h4-10H,1-3H3. The molecule has 7 nitrogen and oxygen atoms in total. The first-order valence-corrected chi connectivity index (χ1v) is 6.73. The zero-order chi connectivity index (χ0) is 17.0. The number of rotatable bonds is 4. The lowest BCUT2D eigenvalue weighted by Crippen LogP contribution is -2.39. The molecule has 0 radical (unpaired) electrons. The van der Waals surface area contributed by atoms with Crippen LogP contribution in [0.4, 0.5) is 0 Å². The van der Waals surface area contributed by atoms with Gasteiger partial charge in [0.05, 0.1) is 26.1 Å². The fraction of sp³-hybridized carbons (Fsp3) is 0.188. The van der Waals surface area contributed by atoms with Gasteiger partial charge in [0.15, 0.2) is 6.20 Å². The maximum atomic E-state index is 12.2. The Bertz CT molecular complexity index is 824. The molecule has 0 amide bonds. The highest BCUT2D eigenvalue weighted by Gasteiger charge is 2.13. The highest BCUT2D eigenvalue weighted by molar-refractivity contribution is 5.87. The van der Waals surface area contributed by atoms with Crippen LogP contribution in [0.2, 0.25) is 0 Å². The molecule has 2 rings (SSSR count). The number of carbonyl (C=O) groups is 1. The van der Waals surface area contributed by atoms with E-state index in [0.29, 0.717) is 21.7 Å². The number of methoxy groups -OCH3 is 2. The minimum atomic E-state index is -0.469. The molecule has 0 saturated carbocycles.